The van der Waals surface area contributed by atoms with Crippen LogP contribution in [0.15, 0.2) is 23.2 Å². The van der Waals surface area contributed by atoms with Crippen molar-refractivity contribution in [2.45, 2.75) is 52.6 Å². The van der Waals surface area contributed by atoms with Crippen molar-refractivity contribution >= 4 is 11.3 Å². The lowest BCUT2D eigenvalue weighted by Crippen LogP contribution is -2.34. The molecule has 1 atom stereocenters. The third kappa shape index (κ3) is 5.25. The summed E-state index contributed by atoms with van der Waals surface area (Å²) in [5.41, 5.74) is 1.41. The fraction of sp³-hybridized carbons (Fsp3) is 0.625. The van der Waals surface area contributed by atoms with Crippen molar-refractivity contribution < 1.29 is 0 Å². The molecule has 0 aliphatic heterocycles. The van der Waals surface area contributed by atoms with Crippen LogP contribution in [0, 0.1) is 5.92 Å². The number of rotatable bonds is 9. The lowest BCUT2D eigenvalue weighted by atomic mass is 10.1. The van der Waals surface area contributed by atoms with E-state index in [1.807, 2.05) is 0 Å². The number of hydrogen-bond donors (Lipinski definition) is 1. The zero-order chi connectivity index (χ0) is 15.1. The van der Waals surface area contributed by atoms with Crippen LogP contribution >= 0.6 is 11.3 Å². The lowest BCUT2D eigenvalue weighted by molar-refractivity contribution is 0.438. The first-order valence-corrected chi connectivity index (χ1v) is 8.74. The summed E-state index contributed by atoms with van der Waals surface area (Å²) in [4.78, 5) is 4.46. The molecule has 2 heterocycles. The van der Waals surface area contributed by atoms with Crippen molar-refractivity contribution in [3.63, 3.8) is 0 Å². The molecule has 0 saturated carbocycles. The van der Waals surface area contributed by atoms with Gasteiger partial charge in [0.2, 0.25) is 0 Å². The molecule has 2 aromatic rings. The zero-order valence-corrected chi connectivity index (χ0v) is 14.1. The molecular weight excluding hydrogens is 280 g/mol. The maximum atomic E-state index is 4.46. The third-order valence-electron chi connectivity index (χ3n) is 3.41. The maximum Gasteiger partial charge on any atom is 0.138 e. The summed E-state index contributed by atoms with van der Waals surface area (Å²) < 4.78 is 2.05. The van der Waals surface area contributed by atoms with Crippen LogP contribution in [0.1, 0.15) is 38.6 Å². The van der Waals surface area contributed by atoms with Gasteiger partial charge in [-0.3, -0.25) is 0 Å². The van der Waals surface area contributed by atoms with E-state index in [1.54, 1.807) is 17.7 Å². The molecule has 0 amide bonds. The number of aromatic nitrogens is 3. The average Bonchev–Trinajstić information content (AvgIpc) is 3.08. The maximum absolute atomic E-state index is 4.46. The van der Waals surface area contributed by atoms with E-state index >= 15 is 0 Å². The van der Waals surface area contributed by atoms with E-state index in [0.717, 1.165) is 38.2 Å². The minimum absolute atomic E-state index is 0.426. The lowest BCUT2D eigenvalue weighted by Gasteiger charge is -2.18. The van der Waals surface area contributed by atoms with E-state index in [4.69, 9.17) is 0 Å². The largest absolute Gasteiger partial charge is 0.313 e. The van der Waals surface area contributed by atoms with Crippen LogP contribution in [-0.4, -0.2) is 27.4 Å². The van der Waals surface area contributed by atoms with Gasteiger partial charge in [0.1, 0.15) is 12.2 Å². The van der Waals surface area contributed by atoms with Gasteiger partial charge in [-0.2, -0.15) is 16.4 Å². The molecule has 4 nitrogen and oxygen atoms in total. The first kappa shape index (κ1) is 16.2. The average molecular weight is 306 g/mol. The normalized spacial score (nSPS) is 13.0. The van der Waals surface area contributed by atoms with Gasteiger partial charge in [-0.25, -0.2) is 9.67 Å². The van der Waals surface area contributed by atoms with Crippen LogP contribution in [0.5, 0.6) is 0 Å². The molecule has 1 unspecified atom stereocenters. The van der Waals surface area contributed by atoms with Crippen molar-refractivity contribution in [3.8, 4) is 0 Å². The second-order valence-corrected chi connectivity index (χ2v) is 6.72. The molecule has 2 aromatic heterocycles. The van der Waals surface area contributed by atoms with E-state index in [2.05, 4.69) is 57.7 Å². The van der Waals surface area contributed by atoms with Crippen LogP contribution in [-0.2, 0) is 19.4 Å². The van der Waals surface area contributed by atoms with E-state index in [9.17, 15) is 0 Å². The molecule has 0 saturated heterocycles. The van der Waals surface area contributed by atoms with Gasteiger partial charge in [0.15, 0.2) is 0 Å². The summed E-state index contributed by atoms with van der Waals surface area (Å²) in [5.74, 6) is 1.68. The minimum Gasteiger partial charge on any atom is -0.313 e. The molecule has 0 aliphatic carbocycles. The Morgan fingerprint density at radius 2 is 2.19 bits per heavy atom. The van der Waals surface area contributed by atoms with Crippen LogP contribution < -0.4 is 5.32 Å². The zero-order valence-electron chi connectivity index (χ0n) is 13.2. The fourth-order valence-corrected chi connectivity index (χ4v) is 3.10. The van der Waals surface area contributed by atoms with Gasteiger partial charge >= 0.3 is 0 Å². The van der Waals surface area contributed by atoms with Gasteiger partial charge in [0.05, 0.1) is 0 Å². The van der Waals surface area contributed by atoms with Crippen LogP contribution in [0.2, 0.25) is 0 Å². The summed E-state index contributed by atoms with van der Waals surface area (Å²) in [6.07, 6.45) is 4.82. The summed E-state index contributed by atoms with van der Waals surface area (Å²) in [6, 6.07) is 2.64. The van der Waals surface area contributed by atoms with Crippen molar-refractivity contribution in [2.24, 2.45) is 5.92 Å². The first-order chi connectivity index (χ1) is 10.2. The standard InChI is InChI=1S/C16H26N4S/c1-4-6-17-15(8-14-5-7-21-11-14)9-16-18-12-19-20(16)10-13(2)3/h5,7,11-13,15,17H,4,6,8-10H2,1-3H3. The summed E-state index contributed by atoms with van der Waals surface area (Å²) >= 11 is 1.76. The smallest absolute Gasteiger partial charge is 0.138 e. The second kappa shape index (κ2) is 8.29. The Morgan fingerprint density at radius 1 is 1.33 bits per heavy atom. The van der Waals surface area contributed by atoms with Gasteiger partial charge in [-0.05, 0) is 47.7 Å². The summed E-state index contributed by atoms with van der Waals surface area (Å²) in [6.45, 7) is 8.62. The molecule has 0 aliphatic rings. The molecule has 5 heteroatoms. The quantitative estimate of drug-likeness (QED) is 0.774. The SMILES string of the molecule is CCCNC(Cc1ccsc1)Cc1ncnn1CC(C)C. The van der Waals surface area contributed by atoms with E-state index in [1.165, 1.54) is 5.56 Å². The predicted molar refractivity (Wildman–Crippen MR) is 88.7 cm³/mol. The Hall–Kier alpha value is -1.20. The molecule has 0 fully saturated rings. The highest BCUT2D eigenvalue weighted by Crippen LogP contribution is 2.12. The monoisotopic (exact) mass is 306 g/mol. The molecule has 0 bridgehead atoms. The Morgan fingerprint density at radius 3 is 2.86 bits per heavy atom. The Kier molecular flexibility index (Phi) is 6.39. The van der Waals surface area contributed by atoms with Crippen LogP contribution in [0.3, 0.4) is 0 Å². The number of hydrogen-bond acceptors (Lipinski definition) is 4. The predicted octanol–water partition coefficient (Wildman–Crippen LogP) is 3.15. The second-order valence-electron chi connectivity index (χ2n) is 5.94. The van der Waals surface area contributed by atoms with Gasteiger partial charge in [0.25, 0.3) is 0 Å². The van der Waals surface area contributed by atoms with Gasteiger partial charge in [0, 0.05) is 19.0 Å². The van der Waals surface area contributed by atoms with Crippen molar-refractivity contribution in [3.05, 3.63) is 34.5 Å². The molecule has 2 rings (SSSR count). The van der Waals surface area contributed by atoms with Gasteiger partial charge in [-0.15, -0.1) is 0 Å². The third-order valence-corrected chi connectivity index (χ3v) is 4.14. The molecule has 21 heavy (non-hydrogen) atoms. The topological polar surface area (TPSA) is 42.7 Å². The minimum atomic E-state index is 0.426. The molecular formula is C16H26N4S. The summed E-state index contributed by atoms with van der Waals surface area (Å²) in [5, 5.41) is 12.4. The van der Waals surface area contributed by atoms with Crippen molar-refractivity contribution in [1.29, 1.82) is 0 Å². The Labute approximate surface area is 131 Å². The van der Waals surface area contributed by atoms with E-state index in [0.29, 0.717) is 12.0 Å². The highest BCUT2D eigenvalue weighted by atomic mass is 32.1. The van der Waals surface area contributed by atoms with Crippen LogP contribution in [0.25, 0.3) is 0 Å². The van der Waals surface area contributed by atoms with E-state index < -0.39 is 0 Å². The van der Waals surface area contributed by atoms with Gasteiger partial charge in [-0.1, -0.05) is 20.8 Å². The van der Waals surface area contributed by atoms with Crippen molar-refractivity contribution in [2.75, 3.05) is 6.54 Å². The first-order valence-electron chi connectivity index (χ1n) is 7.80. The highest BCUT2D eigenvalue weighted by Gasteiger charge is 2.15. The van der Waals surface area contributed by atoms with E-state index in [-0.39, 0.29) is 0 Å². The number of nitrogens with zero attached hydrogens (tertiary/aromatic N) is 3. The molecule has 116 valence electrons. The van der Waals surface area contributed by atoms with Crippen molar-refractivity contribution in [1.82, 2.24) is 20.1 Å². The number of nitrogens with one attached hydrogen (secondary N) is 1. The molecule has 0 aromatic carbocycles. The fourth-order valence-electron chi connectivity index (χ4n) is 2.42. The van der Waals surface area contributed by atoms with Crippen LogP contribution in [0.4, 0.5) is 0 Å². The molecule has 0 spiro atoms. The summed E-state index contributed by atoms with van der Waals surface area (Å²) in [7, 11) is 0. The Bertz CT molecular complexity index is 504. The molecule has 0 radical (unpaired) electrons. The number of thiophene rings is 1. The molecule has 1 N–H and O–H groups in total. The highest BCUT2D eigenvalue weighted by molar-refractivity contribution is 7.07. The Balaban J connectivity index is 2.02. The van der Waals surface area contributed by atoms with Gasteiger partial charge < -0.3 is 5.32 Å².